The van der Waals surface area contributed by atoms with Crippen molar-refractivity contribution in [3.63, 3.8) is 0 Å². The predicted molar refractivity (Wildman–Crippen MR) is 122 cm³/mol. The number of ether oxygens (including phenoxy) is 2. The number of alkyl halides is 3. The van der Waals surface area contributed by atoms with Gasteiger partial charge in [-0.05, 0) is 61.0 Å². The van der Waals surface area contributed by atoms with Crippen LogP contribution in [0.2, 0.25) is 5.02 Å². The minimum atomic E-state index is -4.83. The van der Waals surface area contributed by atoms with Gasteiger partial charge < -0.3 is 9.47 Å². The van der Waals surface area contributed by atoms with Crippen molar-refractivity contribution in [1.29, 1.82) is 0 Å². The molecule has 0 aliphatic carbocycles. The number of urea groups is 1. The van der Waals surface area contributed by atoms with Crippen molar-refractivity contribution in [1.82, 2.24) is 0 Å². The van der Waals surface area contributed by atoms with Gasteiger partial charge in [0.05, 0.1) is 19.3 Å². The second-order valence-electron chi connectivity index (χ2n) is 8.42. The van der Waals surface area contributed by atoms with Crippen LogP contribution in [-0.2, 0) is 4.74 Å². The molecule has 0 N–H and O–H groups in total. The molecule has 2 aliphatic heterocycles. The van der Waals surface area contributed by atoms with Gasteiger partial charge in [-0.1, -0.05) is 41.4 Å². The van der Waals surface area contributed by atoms with Crippen LogP contribution in [0.4, 0.5) is 29.3 Å². The van der Waals surface area contributed by atoms with Crippen LogP contribution in [0.3, 0.4) is 0 Å². The fraction of sp³-hybridized carbons (Fsp3) is 0.240. The van der Waals surface area contributed by atoms with E-state index in [9.17, 15) is 18.0 Å². The Morgan fingerprint density at radius 1 is 1.00 bits per heavy atom. The van der Waals surface area contributed by atoms with Gasteiger partial charge >= 0.3 is 12.4 Å². The van der Waals surface area contributed by atoms with Gasteiger partial charge in [0.2, 0.25) is 0 Å². The topological polar surface area (TPSA) is 42.0 Å². The van der Waals surface area contributed by atoms with Gasteiger partial charge in [-0.15, -0.1) is 13.2 Å². The molecule has 2 aliphatic rings. The van der Waals surface area contributed by atoms with Crippen LogP contribution in [0, 0.1) is 6.92 Å². The van der Waals surface area contributed by atoms with Crippen LogP contribution in [-0.4, -0.2) is 31.1 Å². The highest BCUT2D eigenvalue weighted by Crippen LogP contribution is 2.51. The van der Waals surface area contributed by atoms with Crippen LogP contribution in [0.1, 0.15) is 17.2 Å². The summed E-state index contributed by atoms with van der Waals surface area (Å²) in [5.74, 6) is -0.349. The van der Waals surface area contributed by atoms with E-state index < -0.39 is 17.9 Å². The maximum Gasteiger partial charge on any atom is 0.573 e. The first-order valence-corrected chi connectivity index (χ1v) is 10.9. The first kappa shape index (κ1) is 22.6. The molecule has 3 aromatic rings. The summed E-state index contributed by atoms with van der Waals surface area (Å²) >= 11 is 6.07. The number of benzene rings is 3. The monoisotopic (exact) mass is 488 g/mol. The van der Waals surface area contributed by atoms with Crippen LogP contribution in [0.5, 0.6) is 5.75 Å². The zero-order chi connectivity index (χ0) is 24.1. The zero-order valence-corrected chi connectivity index (χ0v) is 18.8. The first-order valence-electron chi connectivity index (χ1n) is 10.6. The van der Waals surface area contributed by atoms with E-state index in [4.69, 9.17) is 16.3 Å². The number of rotatable bonds is 4. The molecule has 0 radical (unpaired) electrons. The summed E-state index contributed by atoms with van der Waals surface area (Å²) in [5.41, 5.74) is 1.98. The molecule has 9 heteroatoms. The van der Waals surface area contributed by atoms with Gasteiger partial charge in [0.1, 0.15) is 11.3 Å². The molecule has 0 saturated carbocycles. The van der Waals surface area contributed by atoms with Gasteiger partial charge in [0.15, 0.2) is 0 Å². The molecule has 0 aromatic heterocycles. The molecule has 5 rings (SSSR count). The van der Waals surface area contributed by atoms with Crippen molar-refractivity contribution in [2.75, 3.05) is 23.0 Å². The fourth-order valence-electron chi connectivity index (χ4n) is 4.63. The minimum Gasteiger partial charge on any atom is -0.406 e. The number of hydrogen-bond acceptors (Lipinski definition) is 3. The molecule has 2 fully saturated rings. The van der Waals surface area contributed by atoms with Gasteiger partial charge in [-0.25, -0.2) is 4.79 Å². The highest BCUT2D eigenvalue weighted by Gasteiger charge is 2.63. The standard InChI is InChI=1S/C25H20ClF3N2O3/c1-16-5-9-20(10-6-16)31-23(32)30(19-11-7-18(26)8-12-19)22(24(31)14-33-15-24)17-3-2-4-21(13-17)34-25(27,28)29/h2-13,22H,14-15H2,1H3/t22-/m1/s1. The molecule has 34 heavy (non-hydrogen) atoms. The summed E-state index contributed by atoms with van der Waals surface area (Å²) in [7, 11) is 0. The summed E-state index contributed by atoms with van der Waals surface area (Å²) in [6, 6.07) is 19.1. The number of hydrogen-bond donors (Lipinski definition) is 0. The van der Waals surface area contributed by atoms with E-state index in [0.717, 1.165) is 5.56 Å². The van der Waals surface area contributed by atoms with E-state index >= 15 is 0 Å². The molecule has 1 atom stereocenters. The largest absolute Gasteiger partial charge is 0.573 e. The quantitative estimate of drug-likeness (QED) is 0.421. The summed E-state index contributed by atoms with van der Waals surface area (Å²) in [6.45, 7) is 2.41. The van der Waals surface area contributed by atoms with Gasteiger partial charge in [0, 0.05) is 16.4 Å². The van der Waals surface area contributed by atoms with E-state index in [1.165, 1.54) is 18.2 Å². The van der Waals surface area contributed by atoms with Crippen LogP contribution in [0.25, 0.3) is 0 Å². The SMILES string of the molecule is Cc1ccc(N2C(=O)N(c3ccc(Cl)cc3)[C@H](c3cccc(OC(F)(F)F)c3)C23COC3)cc1. The highest BCUT2D eigenvalue weighted by atomic mass is 35.5. The number of aryl methyl sites for hydroxylation is 1. The molecule has 2 amide bonds. The third-order valence-electron chi connectivity index (χ3n) is 6.12. The van der Waals surface area contributed by atoms with E-state index in [1.807, 2.05) is 31.2 Å². The number of nitrogens with zero attached hydrogens (tertiary/aromatic N) is 2. The number of amides is 2. The third-order valence-corrected chi connectivity index (χ3v) is 6.37. The van der Waals surface area contributed by atoms with Crippen LogP contribution >= 0.6 is 11.6 Å². The predicted octanol–water partition coefficient (Wildman–Crippen LogP) is 6.50. The molecule has 0 bridgehead atoms. The molecule has 2 saturated heterocycles. The molecule has 1 spiro atoms. The maximum atomic E-state index is 13.9. The number of halogens is 4. The summed E-state index contributed by atoms with van der Waals surface area (Å²) in [4.78, 5) is 17.2. The average molecular weight is 489 g/mol. The first-order chi connectivity index (χ1) is 16.2. The molecule has 2 heterocycles. The van der Waals surface area contributed by atoms with Crippen LogP contribution < -0.4 is 14.5 Å². The van der Waals surface area contributed by atoms with Gasteiger partial charge in [0.25, 0.3) is 0 Å². The lowest BCUT2D eigenvalue weighted by Gasteiger charge is -2.47. The second kappa shape index (κ2) is 8.21. The lowest BCUT2D eigenvalue weighted by atomic mass is 9.82. The Morgan fingerprint density at radius 3 is 2.24 bits per heavy atom. The zero-order valence-electron chi connectivity index (χ0n) is 18.1. The Morgan fingerprint density at radius 2 is 1.65 bits per heavy atom. The Bertz CT molecular complexity index is 1210. The fourth-order valence-corrected chi connectivity index (χ4v) is 4.76. The van der Waals surface area contributed by atoms with Gasteiger partial charge in [-0.3, -0.25) is 9.80 Å². The Hall–Kier alpha value is -3.23. The van der Waals surface area contributed by atoms with E-state index in [1.54, 1.807) is 40.1 Å². The molecular formula is C25H20ClF3N2O3. The van der Waals surface area contributed by atoms with Crippen molar-refractivity contribution < 1.29 is 27.4 Å². The molecular weight excluding hydrogens is 469 g/mol. The lowest BCUT2D eigenvalue weighted by molar-refractivity contribution is -0.274. The van der Waals surface area contributed by atoms with Gasteiger partial charge in [-0.2, -0.15) is 0 Å². The number of anilines is 2. The smallest absolute Gasteiger partial charge is 0.406 e. The summed E-state index contributed by atoms with van der Waals surface area (Å²) in [6.07, 6.45) is -4.83. The Labute approximate surface area is 199 Å². The van der Waals surface area contributed by atoms with Crippen molar-refractivity contribution in [3.05, 3.63) is 88.9 Å². The van der Waals surface area contributed by atoms with Crippen LogP contribution in [0.15, 0.2) is 72.8 Å². The molecule has 5 nitrogen and oxygen atoms in total. The second-order valence-corrected chi connectivity index (χ2v) is 8.86. The normalized spacial score (nSPS) is 19.4. The van der Waals surface area contributed by atoms with E-state index in [0.29, 0.717) is 22.0 Å². The number of carbonyl (C=O) groups excluding carboxylic acids is 1. The summed E-state index contributed by atoms with van der Waals surface area (Å²) < 4.78 is 48.5. The summed E-state index contributed by atoms with van der Waals surface area (Å²) in [5, 5.41) is 0.504. The number of carbonyl (C=O) groups is 1. The van der Waals surface area contributed by atoms with Crippen molar-refractivity contribution in [2.24, 2.45) is 0 Å². The Kier molecular flexibility index (Phi) is 5.45. The maximum absolute atomic E-state index is 13.9. The third kappa shape index (κ3) is 3.86. The highest BCUT2D eigenvalue weighted by molar-refractivity contribution is 6.30. The van der Waals surface area contributed by atoms with Crippen molar-refractivity contribution in [3.8, 4) is 5.75 Å². The molecule has 176 valence electrons. The van der Waals surface area contributed by atoms with E-state index in [-0.39, 0.29) is 25.0 Å². The average Bonchev–Trinajstić information content (AvgIpc) is 3.03. The van der Waals surface area contributed by atoms with Crippen molar-refractivity contribution in [2.45, 2.75) is 24.9 Å². The van der Waals surface area contributed by atoms with Crippen molar-refractivity contribution >= 4 is 29.0 Å². The lowest BCUT2D eigenvalue weighted by Crippen LogP contribution is -2.62. The molecule has 3 aromatic carbocycles. The molecule has 0 unspecified atom stereocenters. The minimum absolute atomic E-state index is 0.228. The Balaban J connectivity index is 1.66. The van der Waals surface area contributed by atoms with E-state index in [2.05, 4.69) is 4.74 Å².